The van der Waals surface area contributed by atoms with Crippen LogP contribution in [0.2, 0.25) is 0 Å². The average Bonchev–Trinajstić information content (AvgIpc) is 2.99. The van der Waals surface area contributed by atoms with Crippen molar-refractivity contribution in [3.63, 3.8) is 0 Å². The van der Waals surface area contributed by atoms with E-state index in [-0.39, 0.29) is 23.5 Å². The average molecular weight is 312 g/mol. The maximum Gasteiger partial charge on any atom is 0.251 e. The second-order valence-corrected chi connectivity index (χ2v) is 6.64. The third-order valence-electron chi connectivity index (χ3n) is 3.27. The molecule has 1 unspecified atom stereocenters. The molecule has 2 rings (SSSR count). The van der Waals surface area contributed by atoms with Gasteiger partial charge in [0.15, 0.2) is 0 Å². The van der Waals surface area contributed by atoms with Crippen molar-refractivity contribution in [2.75, 3.05) is 19.7 Å². The minimum Gasteiger partial charge on any atom is -0.377 e. The molecule has 0 radical (unpaired) electrons. The number of carbonyl (C=O) groups is 1. The van der Waals surface area contributed by atoms with Crippen molar-refractivity contribution in [3.05, 3.63) is 29.8 Å². The molecule has 0 aliphatic carbocycles. The van der Waals surface area contributed by atoms with Crippen LogP contribution in [0.15, 0.2) is 29.2 Å². The molecule has 0 saturated carbocycles. The number of rotatable bonds is 6. The molecule has 0 spiro atoms. The van der Waals surface area contributed by atoms with Gasteiger partial charge in [-0.25, -0.2) is 13.1 Å². The van der Waals surface area contributed by atoms with Gasteiger partial charge in [-0.1, -0.05) is 6.07 Å². The third-order valence-corrected chi connectivity index (χ3v) is 4.69. The van der Waals surface area contributed by atoms with Crippen molar-refractivity contribution in [2.24, 2.45) is 0 Å². The zero-order valence-electron chi connectivity index (χ0n) is 12.0. The Balaban J connectivity index is 2.08. The van der Waals surface area contributed by atoms with Crippen LogP contribution in [0, 0.1) is 0 Å². The van der Waals surface area contributed by atoms with Crippen LogP contribution in [-0.4, -0.2) is 40.1 Å². The van der Waals surface area contributed by atoms with Gasteiger partial charge in [-0.3, -0.25) is 4.79 Å². The van der Waals surface area contributed by atoms with Gasteiger partial charge in [-0.2, -0.15) is 0 Å². The van der Waals surface area contributed by atoms with Crippen LogP contribution in [0.5, 0.6) is 0 Å². The molecule has 1 aromatic rings. The number of ether oxygens (including phenoxy) is 1. The predicted molar refractivity (Wildman–Crippen MR) is 78.6 cm³/mol. The van der Waals surface area contributed by atoms with E-state index in [1.807, 2.05) is 6.92 Å². The lowest BCUT2D eigenvalue weighted by atomic mass is 10.2. The largest absolute Gasteiger partial charge is 0.377 e. The Morgan fingerprint density at radius 1 is 1.43 bits per heavy atom. The lowest BCUT2D eigenvalue weighted by molar-refractivity contribution is 0.0955. The Bertz CT molecular complexity index is 595. The summed E-state index contributed by atoms with van der Waals surface area (Å²) in [5, 5.41) is 2.64. The van der Waals surface area contributed by atoms with E-state index in [1.54, 1.807) is 12.1 Å². The van der Waals surface area contributed by atoms with Gasteiger partial charge in [0.1, 0.15) is 0 Å². The Morgan fingerprint density at radius 2 is 2.24 bits per heavy atom. The van der Waals surface area contributed by atoms with Gasteiger partial charge in [0.2, 0.25) is 10.0 Å². The monoisotopic (exact) mass is 312 g/mol. The molecule has 0 bridgehead atoms. The fraction of sp³-hybridized carbons (Fsp3) is 0.500. The SMILES string of the molecule is CCNC(=O)c1cccc(S(=O)(=O)NCC2CCCO2)c1. The van der Waals surface area contributed by atoms with E-state index in [0.29, 0.717) is 18.7 Å². The highest BCUT2D eigenvalue weighted by Crippen LogP contribution is 2.14. The first kappa shape index (κ1) is 15.9. The van der Waals surface area contributed by atoms with E-state index >= 15 is 0 Å². The first-order valence-electron chi connectivity index (χ1n) is 7.02. The second-order valence-electron chi connectivity index (χ2n) is 4.87. The number of nitrogens with one attached hydrogen (secondary N) is 2. The summed E-state index contributed by atoms with van der Waals surface area (Å²) in [5.74, 6) is -0.284. The lowest BCUT2D eigenvalue weighted by Gasteiger charge is -2.12. The van der Waals surface area contributed by atoms with Crippen LogP contribution < -0.4 is 10.0 Å². The van der Waals surface area contributed by atoms with E-state index in [9.17, 15) is 13.2 Å². The van der Waals surface area contributed by atoms with Crippen molar-refractivity contribution in [1.29, 1.82) is 0 Å². The fourth-order valence-corrected chi connectivity index (χ4v) is 3.27. The van der Waals surface area contributed by atoms with Crippen LogP contribution in [0.3, 0.4) is 0 Å². The predicted octanol–water partition coefficient (Wildman–Crippen LogP) is 0.894. The van der Waals surface area contributed by atoms with Crippen LogP contribution >= 0.6 is 0 Å². The number of hydrogen-bond acceptors (Lipinski definition) is 4. The first-order chi connectivity index (χ1) is 10.0. The summed E-state index contributed by atoms with van der Waals surface area (Å²) >= 11 is 0. The molecule has 0 aromatic heterocycles. The highest BCUT2D eigenvalue weighted by Gasteiger charge is 2.20. The number of benzene rings is 1. The summed E-state index contributed by atoms with van der Waals surface area (Å²) in [5.41, 5.74) is 0.330. The van der Waals surface area contributed by atoms with Crippen molar-refractivity contribution in [2.45, 2.75) is 30.8 Å². The van der Waals surface area contributed by atoms with Crippen molar-refractivity contribution >= 4 is 15.9 Å². The van der Waals surface area contributed by atoms with Gasteiger partial charge in [0.25, 0.3) is 5.91 Å². The molecule has 1 aliphatic rings. The third kappa shape index (κ3) is 4.26. The Morgan fingerprint density at radius 3 is 2.90 bits per heavy atom. The summed E-state index contributed by atoms with van der Waals surface area (Å²) in [6.07, 6.45) is 1.76. The standard InChI is InChI=1S/C14H20N2O4S/c1-2-15-14(17)11-5-3-7-13(9-11)21(18,19)16-10-12-6-4-8-20-12/h3,5,7,9,12,16H,2,4,6,8,10H2,1H3,(H,15,17). The van der Waals surface area contributed by atoms with Gasteiger partial charge in [0, 0.05) is 25.3 Å². The zero-order valence-corrected chi connectivity index (χ0v) is 12.8. The minimum absolute atomic E-state index is 0.0636. The van der Waals surface area contributed by atoms with E-state index < -0.39 is 10.0 Å². The molecule has 21 heavy (non-hydrogen) atoms. The fourth-order valence-electron chi connectivity index (χ4n) is 2.16. The quantitative estimate of drug-likeness (QED) is 0.817. The van der Waals surface area contributed by atoms with E-state index in [1.165, 1.54) is 12.1 Å². The summed E-state index contributed by atoms with van der Waals surface area (Å²) in [4.78, 5) is 11.8. The number of sulfonamides is 1. The highest BCUT2D eigenvalue weighted by molar-refractivity contribution is 7.89. The van der Waals surface area contributed by atoms with E-state index in [0.717, 1.165) is 12.8 Å². The molecule has 1 fully saturated rings. The van der Waals surface area contributed by atoms with Crippen LogP contribution in [0.1, 0.15) is 30.1 Å². The molecular formula is C14H20N2O4S. The molecule has 1 aromatic carbocycles. The maximum atomic E-state index is 12.2. The van der Waals surface area contributed by atoms with E-state index in [2.05, 4.69) is 10.0 Å². The Kier molecular flexibility index (Phi) is 5.33. The van der Waals surface area contributed by atoms with Gasteiger partial charge >= 0.3 is 0 Å². The number of carbonyl (C=O) groups excluding carboxylic acids is 1. The lowest BCUT2D eigenvalue weighted by Crippen LogP contribution is -2.32. The Hall–Kier alpha value is -1.44. The van der Waals surface area contributed by atoms with Crippen LogP contribution in [0.25, 0.3) is 0 Å². The highest BCUT2D eigenvalue weighted by atomic mass is 32.2. The number of amides is 1. The van der Waals surface area contributed by atoms with Gasteiger partial charge in [0.05, 0.1) is 11.0 Å². The summed E-state index contributed by atoms with van der Waals surface area (Å²) in [6.45, 7) is 3.24. The maximum absolute atomic E-state index is 12.2. The molecule has 1 atom stereocenters. The smallest absolute Gasteiger partial charge is 0.251 e. The molecule has 1 amide bonds. The van der Waals surface area contributed by atoms with Crippen molar-refractivity contribution in [1.82, 2.24) is 10.0 Å². The molecule has 1 saturated heterocycles. The Labute approximate surface area is 124 Å². The zero-order chi connectivity index (χ0) is 15.3. The van der Waals surface area contributed by atoms with Gasteiger partial charge < -0.3 is 10.1 Å². The normalized spacial score (nSPS) is 18.6. The molecule has 1 heterocycles. The number of hydrogen-bond donors (Lipinski definition) is 2. The molecule has 7 heteroatoms. The van der Waals surface area contributed by atoms with Gasteiger partial charge in [-0.15, -0.1) is 0 Å². The molecule has 2 N–H and O–H groups in total. The second kappa shape index (κ2) is 7.02. The molecule has 1 aliphatic heterocycles. The summed E-state index contributed by atoms with van der Waals surface area (Å²) < 4.78 is 32.4. The summed E-state index contributed by atoms with van der Waals surface area (Å²) in [6, 6.07) is 6.00. The van der Waals surface area contributed by atoms with Crippen molar-refractivity contribution in [3.8, 4) is 0 Å². The molecular weight excluding hydrogens is 292 g/mol. The van der Waals surface area contributed by atoms with Crippen LogP contribution in [-0.2, 0) is 14.8 Å². The molecule has 6 nitrogen and oxygen atoms in total. The van der Waals surface area contributed by atoms with Crippen LogP contribution in [0.4, 0.5) is 0 Å². The summed E-state index contributed by atoms with van der Waals surface area (Å²) in [7, 11) is -3.63. The van der Waals surface area contributed by atoms with E-state index in [4.69, 9.17) is 4.74 Å². The van der Waals surface area contributed by atoms with Gasteiger partial charge in [-0.05, 0) is 38.0 Å². The first-order valence-corrected chi connectivity index (χ1v) is 8.51. The topological polar surface area (TPSA) is 84.5 Å². The van der Waals surface area contributed by atoms with Crippen molar-refractivity contribution < 1.29 is 17.9 Å². The molecule has 116 valence electrons. The minimum atomic E-state index is -3.63.